The molecule has 5 aromatic rings. The predicted octanol–water partition coefficient (Wildman–Crippen LogP) is 8.83. The first-order valence-corrected chi connectivity index (χ1v) is 12.0. The second-order valence-corrected chi connectivity index (χ2v) is 9.50. The fraction of sp³-hybridized carbons (Fsp3) is 0.0909. The van der Waals surface area contributed by atoms with E-state index >= 15 is 0 Å². The van der Waals surface area contributed by atoms with Crippen molar-refractivity contribution in [2.75, 3.05) is 4.90 Å². The normalized spacial score (nSPS) is 16.6. The molecule has 1 aliphatic carbocycles. The predicted molar refractivity (Wildman–Crippen MR) is 146 cm³/mol. The van der Waals surface area contributed by atoms with Crippen molar-refractivity contribution in [2.24, 2.45) is 0 Å². The van der Waals surface area contributed by atoms with Crippen molar-refractivity contribution in [3.63, 3.8) is 0 Å². The number of benzene rings is 5. The summed E-state index contributed by atoms with van der Waals surface area (Å²) in [6.07, 6.45) is 7.80. The summed E-state index contributed by atoms with van der Waals surface area (Å²) in [7, 11) is 0. The summed E-state index contributed by atoms with van der Waals surface area (Å²) in [4.78, 5) is 2.52. The number of nitrogens with zero attached hydrogens (tertiary/aromatic N) is 1. The summed E-state index contributed by atoms with van der Waals surface area (Å²) in [5, 5.41) is 5.14. The number of fused-ring (bicyclic) bond motifs is 5. The zero-order valence-corrected chi connectivity index (χ0v) is 19.2. The molecule has 0 spiro atoms. The van der Waals surface area contributed by atoms with E-state index in [-0.39, 0.29) is 0 Å². The molecule has 0 aromatic heterocycles. The Bertz CT molecular complexity index is 1650. The molecule has 162 valence electrons. The van der Waals surface area contributed by atoms with Gasteiger partial charge in [0.1, 0.15) is 0 Å². The number of rotatable bonds is 2. The summed E-state index contributed by atoms with van der Waals surface area (Å²) in [6.45, 7) is 2.15. The van der Waals surface area contributed by atoms with Crippen LogP contribution in [0.3, 0.4) is 0 Å². The fourth-order valence-electron chi connectivity index (χ4n) is 5.65. The molecule has 1 nitrogen and oxygen atoms in total. The van der Waals surface area contributed by atoms with E-state index in [9.17, 15) is 0 Å². The Labute approximate surface area is 200 Å². The first-order chi connectivity index (χ1) is 16.7. The zero-order valence-electron chi connectivity index (χ0n) is 19.2. The lowest BCUT2D eigenvalue weighted by Gasteiger charge is -2.28. The first-order valence-electron chi connectivity index (χ1n) is 12.0. The average Bonchev–Trinajstić information content (AvgIpc) is 3.22. The van der Waals surface area contributed by atoms with Gasteiger partial charge in [-0.05, 0) is 81.9 Å². The molecule has 0 bridgehead atoms. The lowest BCUT2D eigenvalue weighted by atomic mass is 9.96. The van der Waals surface area contributed by atoms with Gasteiger partial charge in [0.05, 0.1) is 6.04 Å². The number of aryl methyl sites for hydroxylation is 1. The topological polar surface area (TPSA) is 3.24 Å². The van der Waals surface area contributed by atoms with E-state index < -0.39 is 0 Å². The number of hydrogen-bond acceptors (Lipinski definition) is 1. The highest BCUT2D eigenvalue weighted by atomic mass is 15.2. The molecular formula is C33H25N. The van der Waals surface area contributed by atoms with Crippen molar-refractivity contribution >= 4 is 38.5 Å². The number of anilines is 2. The first kappa shape index (κ1) is 19.4. The molecular weight excluding hydrogens is 410 g/mol. The summed E-state index contributed by atoms with van der Waals surface area (Å²) in [6, 6.07) is 36.4. The fourth-order valence-corrected chi connectivity index (χ4v) is 5.65. The molecule has 0 saturated heterocycles. The molecule has 7 rings (SSSR count). The SMILES string of the molecule is Cc1ccc2cc(-c3ccc4cc(N5c6ccccc6C6=CC=CCC65)ccc4c3)ccc2c1. The molecule has 1 aliphatic heterocycles. The van der Waals surface area contributed by atoms with E-state index in [1.165, 1.54) is 60.7 Å². The van der Waals surface area contributed by atoms with Crippen LogP contribution in [0.25, 0.3) is 38.2 Å². The van der Waals surface area contributed by atoms with Crippen LogP contribution in [-0.2, 0) is 0 Å². The van der Waals surface area contributed by atoms with Crippen LogP contribution < -0.4 is 4.90 Å². The maximum absolute atomic E-state index is 2.52. The third-order valence-electron chi connectivity index (χ3n) is 7.35. The van der Waals surface area contributed by atoms with E-state index in [1.54, 1.807) is 0 Å². The summed E-state index contributed by atoms with van der Waals surface area (Å²) in [5.41, 5.74) is 9.19. The highest BCUT2D eigenvalue weighted by molar-refractivity contribution is 5.97. The van der Waals surface area contributed by atoms with Gasteiger partial charge in [0.15, 0.2) is 0 Å². The van der Waals surface area contributed by atoms with Crippen LogP contribution in [0.4, 0.5) is 11.4 Å². The molecule has 1 heterocycles. The molecule has 0 amide bonds. The summed E-state index contributed by atoms with van der Waals surface area (Å²) < 4.78 is 0. The Morgan fingerprint density at radius 2 is 1.35 bits per heavy atom. The van der Waals surface area contributed by atoms with E-state index in [0.717, 1.165) is 6.42 Å². The van der Waals surface area contributed by atoms with Crippen LogP contribution in [0.5, 0.6) is 0 Å². The van der Waals surface area contributed by atoms with Crippen molar-refractivity contribution in [3.8, 4) is 11.1 Å². The van der Waals surface area contributed by atoms with Crippen LogP contribution in [-0.4, -0.2) is 6.04 Å². The average molecular weight is 436 g/mol. The largest absolute Gasteiger partial charge is 0.333 e. The maximum Gasteiger partial charge on any atom is 0.0632 e. The Hall–Kier alpha value is -4.10. The highest BCUT2D eigenvalue weighted by Crippen LogP contribution is 2.47. The van der Waals surface area contributed by atoms with Crippen LogP contribution in [0.1, 0.15) is 17.5 Å². The molecule has 0 radical (unpaired) electrons. The van der Waals surface area contributed by atoms with E-state index in [4.69, 9.17) is 0 Å². The Morgan fingerprint density at radius 3 is 2.18 bits per heavy atom. The van der Waals surface area contributed by atoms with E-state index in [1.807, 2.05) is 0 Å². The van der Waals surface area contributed by atoms with Crippen molar-refractivity contribution < 1.29 is 0 Å². The second-order valence-electron chi connectivity index (χ2n) is 9.50. The minimum atomic E-state index is 0.375. The number of para-hydroxylation sites is 1. The Morgan fingerprint density at radius 1 is 0.676 bits per heavy atom. The van der Waals surface area contributed by atoms with Gasteiger partial charge in [0.25, 0.3) is 0 Å². The minimum Gasteiger partial charge on any atom is -0.333 e. The molecule has 0 N–H and O–H groups in total. The standard InChI is InChI=1S/C33H25N/c1-22-10-11-24-19-25(13-12-23(24)18-22)26-14-15-28-21-29(17-16-27(28)20-26)34-32-8-4-2-6-30(32)31-7-3-5-9-33(31)34/h2-8,10-21,33H,9H2,1H3. The molecule has 1 heteroatoms. The third kappa shape index (κ3) is 3.01. The van der Waals surface area contributed by atoms with Crippen LogP contribution in [0.2, 0.25) is 0 Å². The van der Waals surface area contributed by atoms with Gasteiger partial charge < -0.3 is 4.90 Å². The van der Waals surface area contributed by atoms with Gasteiger partial charge in [-0.3, -0.25) is 0 Å². The smallest absolute Gasteiger partial charge is 0.0632 e. The summed E-state index contributed by atoms with van der Waals surface area (Å²) >= 11 is 0. The lowest BCUT2D eigenvalue weighted by molar-refractivity contribution is 0.830. The van der Waals surface area contributed by atoms with E-state index in [2.05, 4.69) is 127 Å². The van der Waals surface area contributed by atoms with Gasteiger partial charge in [0, 0.05) is 16.9 Å². The second kappa shape index (κ2) is 7.46. The molecule has 5 aromatic carbocycles. The highest BCUT2D eigenvalue weighted by Gasteiger charge is 2.34. The monoisotopic (exact) mass is 435 g/mol. The van der Waals surface area contributed by atoms with Crippen molar-refractivity contribution in [3.05, 3.63) is 126 Å². The third-order valence-corrected chi connectivity index (χ3v) is 7.35. The van der Waals surface area contributed by atoms with Crippen molar-refractivity contribution in [2.45, 2.75) is 19.4 Å². The van der Waals surface area contributed by atoms with Crippen molar-refractivity contribution in [1.29, 1.82) is 0 Å². The van der Waals surface area contributed by atoms with Gasteiger partial charge in [-0.1, -0.05) is 90.5 Å². The molecule has 0 saturated carbocycles. The van der Waals surface area contributed by atoms with Gasteiger partial charge in [-0.2, -0.15) is 0 Å². The molecule has 1 unspecified atom stereocenters. The van der Waals surface area contributed by atoms with Crippen LogP contribution >= 0.6 is 0 Å². The van der Waals surface area contributed by atoms with Gasteiger partial charge in [0.2, 0.25) is 0 Å². The molecule has 0 fully saturated rings. The zero-order chi connectivity index (χ0) is 22.6. The van der Waals surface area contributed by atoms with Gasteiger partial charge in [-0.15, -0.1) is 0 Å². The quantitative estimate of drug-likeness (QED) is 0.268. The molecule has 2 aliphatic rings. The van der Waals surface area contributed by atoms with Gasteiger partial charge >= 0.3 is 0 Å². The summed E-state index contributed by atoms with van der Waals surface area (Å²) in [5.74, 6) is 0. The Balaban J connectivity index is 1.29. The number of hydrogen-bond donors (Lipinski definition) is 0. The van der Waals surface area contributed by atoms with Crippen LogP contribution in [0.15, 0.2) is 115 Å². The Kier molecular flexibility index (Phi) is 4.25. The van der Waals surface area contributed by atoms with Crippen LogP contribution in [0, 0.1) is 6.92 Å². The number of allylic oxidation sites excluding steroid dienone is 2. The maximum atomic E-state index is 2.52. The lowest BCUT2D eigenvalue weighted by Crippen LogP contribution is -2.27. The van der Waals surface area contributed by atoms with Crippen molar-refractivity contribution in [1.82, 2.24) is 0 Å². The molecule has 34 heavy (non-hydrogen) atoms. The van der Waals surface area contributed by atoms with Gasteiger partial charge in [-0.25, -0.2) is 0 Å². The minimum absolute atomic E-state index is 0.375. The van der Waals surface area contributed by atoms with E-state index in [0.29, 0.717) is 6.04 Å². The molecule has 1 atom stereocenters.